The van der Waals surface area contributed by atoms with Gasteiger partial charge in [0, 0.05) is 0 Å². The number of Topliss-reactive ketones (excluding diaryl/α,β-unsaturated/α-hetero) is 1. The highest BCUT2D eigenvalue weighted by molar-refractivity contribution is 5.99. The molecule has 0 spiro atoms. The van der Waals surface area contributed by atoms with Gasteiger partial charge in [-0.15, -0.1) is 0 Å². The van der Waals surface area contributed by atoms with Crippen LogP contribution in [0.4, 0.5) is 4.79 Å². The number of ether oxygens (including phenoxy) is 1. The van der Waals surface area contributed by atoms with Gasteiger partial charge in [0.15, 0.2) is 5.78 Å². The van der Waals surface area contributed by atoms with Gasteiger partial charge in [0.25, 0.3) is 0 Å². The van der Waals surface area contributed by atoms with E-state index in [-0.39, 0.29) is 5.78 Å². The van der Waals surface area contributed by atoms with Crippen LogP contribution in [0, 0.1) is 5.92 Å². The third-order valence-electron chi connectivity index (χ3n) is 2.01. The van der Waals surface area contributed by atoms with E-state index in [0.29, 0.717) is 24.5 Å². The molecule has 0 saturated carbocycles. The number of rotatable bonds is 6. The second kappa shape index (κ2) is 7.04. The number of alkyl carbamates (subject to hydrolysis) is 1. The summed E-state index contributed by atoms with van der Waals surface area (Å²) in [6.07, 6.45) is 0.0348. The molecule has 0 rings (SSSR count). The zero-order valence-electron chi connectivity index (χ0n) is 10.5. The molecule has 0 bridgehead atoms. The predicted octanol–water partition coefficient (Wildman–Crippen LogP) is 2.29. The molecule has 4 heteroatoms. The predicted molar refractivity (Wildman–Crippen MR) is 63.2 cm³/mol. The minimum absolute atomic E-state index is 0.137. The molecule has 1 N–H and O–H groups in total. The molecule has 0 aromatic heterocycles. The Labute approximate surface area is 97.1 Å². The standard InChI is InChI=1S/C12H21NO3/c1-6-16-12(15)13-10(7-8(2)3)11(14)9(4)5/h8,10H,4,6-7H2,1-3,5H3,(H,13,15). The smallest absolute Gasteiger partial charge is 0.407 e. The van der Waals surface area contributed by atoms with Gasteiger partial charge in [-0.1, -0.05) is 20.4 Å². The average molecular weight is 227 g/mol. The molecule has 0 aromatic rings. The monoisotopic (exact) mass is 227 g/mol. The van der Waals surface area contributed by atoms with Crippen molar-refractivity contribution in [2.45, 2.75) is 40.2 Å². The fourth-order valence-corrected chi connectivity index (χ4v) is 1.32. The van der Waals surface area contributed by atoms with Crippen LogP contribution in [-0.4, -0.2) is 24.5 Å². The maximum absolute atomic E-state index is 11.7. The molecule has 0 aromatic carbocycles. The highest BCUT2D eigenvalue weighted by Crippen LogP contribution is 2.09. The Balaban J connectivity index is 4.49. The summed E-state index contributed by atoms with van der Waals surface area (Å²) < 4.78 is 4.75. The Hall–Kier alpha value is -1.32. The van der Waals surface area contributed by atoms with Crippen molar-refractivity contribution >= 4 is 11.9 Å². The molecule has 1 atom stereocenters. The van der Waals surface area contributed by atoms with Gasteiger partial charge < -0.3 is 10.1 Å². The molecule has 1 unspecified atom stereocenters. The van der Waals surface area contributed by atoms with Crippen LogP contribution < -0.4 is 5.32 Å². The summed E-state index contributed by atoms with van der Waals surface area (Å²) in [4.78, 5) is 23.0. The van der Waals surface area contributed by atoms with E-state index in [4.69, 9.17) is 4.74 Å². The summed E-state index contributed by atoms with van der Waals surface area (Å²) in [6.45, 7) is 11.2. The summed E-state index contributed by atoms with van der Waals surface area (Å²) in [5.74, 6) is 0.178. The Morgan fingerprint density at radius 2 is 1.94 bits per heavy atom. The van der Waals surface area contributed by atoms with Gasteiger partial charge >= 0.3 is 6.09 Å². The quantitative estimate of drug-likeness (QED) is 0.708. The van der Waals surface area contributed by atoms with E-state index in [9.17, 15) is 9.59 Å². The topological polar surface area (TPSA) is 55.4 Å². The second-order valence-electron chi connectivity index (χ2n) is 4.19. The van der Waals surface area contributed by atoms with Crippen LogP contribution in [0.5, 0.6) is 0 Å². The normalized spacial score (nSPS) is 12.1. The largest absolute Gasteiger partial charge is 0.450 e. The summed E-state index contributed by atoms with van der Waals surface area (Å²) in [6, 6.07) is -0.531. The van der Waals surface area contributed by atoms with Crippen molar-refractivity contribution in [3.8, 4) is 0 Å². The lowest BCUT2D eigenvalue weighted by Crippen LogP contribution is -2.42. The first kappa shape index (κ1) is 14.7. The third-order valence-corrected chi connectivity index (χ3v) is 2.01. The van der Waals surface area contributed by atoms with Crippen LogP contribution in [0.25, 0.3) is 0 Å². The van der Waals surface area contributed by atoms with E-state index >= 15 is 0 Å². The van der Waals surface area contributed by atoms with Crippen molar-refractivity contribution in [2.24, 2.45) is 5.92 Å². The van der Waals surface area contributed by atoms with E-state index in [2.05, 4.69) is 11.9 Å². The van der Waals surface area contributed by atoms with Gasteiger partial charge in [-0.25, -0.2) is 4.79 Å². The summed E-state index contributed by atoms with van der Waals surface area (Å²) in [5.41, 5.74) is 0.447. The number of hydrogen-bond acceptors (Lipinski definition) is 3. The van der Waals surface area contributed by atoms with Gasteiger partial charge in [0.05, 0.1) is 12.6 Å². The van der Waals surface area contributed by atoms with Crippen molar-refractivity contribution in [3.63, 3.8) is 0 Å². The number of carbonyl (C=O) groups excluding carboxylic acids is 2. The molecule has 16 heavy (non-hydrogen) atoms. The number of hydrogen-bond donors (Lipinski definition) is 1. The van der Waals surface area contributed by atoms with Crippen LogP contribution in [0.1, 0.15) is 34.1 Å². The van der Waals surface area contributed by atoms with Gasteiger partial charge in [0.1, 0.15) is 0 Å². The van der Waals surface area contributed by atoms with Crippen LogP contribution in [0.15, 0.2) is 12.2 Å². The molecule has 0 saturated heterocycles. The number of nitrogens with one attached hydrogen (secondary N) is 1. The molecule has 0 aliphatic carbocycles. The maximum atomic E-state index is 11.7. The lowest BCUT2D eigenvalue weighted by molar-refractivity contribution is -0.117. The molecule has 0 aliphatic rings. The first-order valence-corrected chi connectivity index (χ1v) is 5.51. The van der Waals surface area contributed by atoms with Crippen LogP contribution in [-0.2, 0) is 9.53 Å². The van der Waals surface area contributed by atoms with Crippen LogP contribution in [0.2, 0.25) is 0 Å². The summed E-state index contributed by atoms with van der Waals surface area (Å²) >= 11 is 0. The van der Waals surface area contributed by atoms with Crippen molar-refractivity contribution in [1.29, 1.82) is 0 Å². The molecule has 92 valence electrons. The minimum Gasteiger partial charge on any atom is -0.450 e. The van der Waals surface area contributed by atoms with Crippen LogP contribution in [0.3, 0.4) is 0 Å². The zero-order chi connectivity index (χ0) is 12.7. The Kier molecular flexibility index (Phi) is 6.46. The van der Waals surface area contributed by atoms with Gasteiger partial charge in [-0.2, -0.15) is 0 Å². The highest BCUT2D eigenvalue weighted by Gasteiger charge is 2.22. The van der Waals surface area contributed by atoms with Crippen molar-refractivity contribution in [2.75, 3.05) is 6.61 Å². The van der Waals surface area contributed by atoms with E-state index in [0.717, 1.165) is 0 Å². The number of carbonyl (C=O) groups is 2. The number of amides is 1. The molecule has 1 amide bonds. The lowest BCUT2D eigenvalue weighted by atomic mass is 9.97. The molecule has 0 radical (unpaired) electrons. The Bertz CT molecular complexity index is 271. The third kappa shape index (κ3) is 5.53. The van der Waals surface area contributed by atoms with Gasteiger partial charge in [-0.3, -0.25) is 4.79 Å². The molecule has 0 heterocycles. The SMILES string of the molecule is C=C(C)C(=O)C(CC(C)C)NC(=O)OCC. The molecule has 4 nitrogen and oxygen atoms in total. The first-order chi connectivity index (χ1) is 7.38. The molecule has 0 fully saturated rings. The van der Waals surface area contributed by atoms with Crippen molar-refractivity contribution in [1.82, 2.24) is 5.32 Å². The summed E-state index contributed by atoms with van der Waals surface area (Å²) in [5, 5.41) is 2.56. The molecular formula is C12H21NO3. The Morgan fingerprint density at radius 1 is 1.38 bits per heavy atom. The van der Waals surface area contributed by atoms with Gasteiger partial charge in [-0.05, 0) is 31.8 Å². The second-order valence-corrected chi connectivity index (χ2v) is 4.19. The maximum Gasteiger partial charge on any atom is 0.407 e. The van der Waals surface area contributed by atoms with Crippen molar-refractivity contribution in [3.05, 3.63) is 12.2 Å². The minimum atomic E-state index is -0.553. The van der Waals surface area contributed by atoms with Crippen molar-refractivity contribution < 1.29 is 14.3 Å². The van der Waals surface area contributed by atoms with E-state index < -0.39 is 12.1 Å². The molecular weight excluding hydrogens is 206 g/mol. The van der Waals surface area contributed by atoms with E-state index in [1.807, 2.05) is 13.8 Å². The highest BCUT2D eigenvalue weighted by atomic mass is 16.5. The fourth-order valence-electron chi connectivity index (χ4n) is 1.32. The average Bonchev–Trinajstić information content (AvgIpc) is 2.15. The van der Waals surface area contributed by atoms with E-state index in [1.54, 1.807) is 13.8 Å². The van der Waals surface area contributed by atoms with Gasteiger partial charge in [0.2, 0.25) is 0 Å². The number of ketones is 1. The first-order valence-electron chi connectivity index (χ1n) is 5.51. The fraction of sp³-hybridized carbons (Fsp3) is 0.667. The van der Waals surface area contributed by atoms with Crippen LogP contribution >= 0.6 is 0 Å². The van der Waals surface area contributed by atoms with E-state index in [1.165, 1.54) is 0 Å². The Morgan fingerprint density at radius 3 is 2.31 bits per heavy atom. The molecule has 0 aliphatic heterocycles. The summed E-state index contributed by atoms with van der Waals surface area (Å²) in [7, 11) is 0. The zero-order valence-corrected chi connectivity index (χ0v) is 10.5. The lowest BCUT2D eigenvalue weighted by Gasteiger charge is -2.19.